The minimum absolute atomic E-state index is 0.0822. The van der Waals surface area contributed by atoms with Gasteiger partial charge in [-0.05, 0) is 55.6 Å². The number of morpholine rings is 1. The molecule has 7 nitrogen and oxygen atoms in total. The molecule has 2 aliphatic heterocycles. The fourth-order valence-electron chi connectivity index (χ4n) is 5.22. The maximum Gasteiger partial charge on any atom is 0.131 e. The molecule has 0 saturated carbocycles. The maximum absolute atomic E-state index is 15.1. The molecule has 2 fully saturated rings. The van der Waals surface area contributed by atoms with Gasteiger partial charge in [0.1, 0.15) is 11.6 Å². The van der Waals surface area contributed by atoms with Crippen molar-refractivity contribution in [2.45, 2.75) is 25.9 Å². The number of ether oxygens (including phenoxy) is 1. The Morgan fingerprint density at radius 3 is 2.57 bits per heavy atom. The van der Waals surface area contributed by atoms with Crippen LogP contribution in [-0.2, 0) is 17.8 Å². The fraction of sp³-hybridized carbons (Fsp3) is 0.393. The molecule has 37 heavy (non-hydrogen) atoms. The van der Waals surface area contributed by atoms with Crippen molar-refractivity contribution in [3.63, 3.8) is 0 Å². The number of aromatic nitrogens is 4. The lowest BCUT2D eigenvalue weighted by Gasteiger charge is -2.27. The summed E-state index contributed by atoms with van der Waals surface area (Å²) in [4.78, 5) is 11.5. The first-order chi connectivity index (χ1) is 18.1. The van der Waals surface area contributed by atoms with Crippen molar-refractivity contribution < 1.29 is 13.5 Å². The molecule has 0 amide bonds. The molecule has 0 bridgehead atoms. The van der Waals surface area contributed by atoms with Crippen molar-refractivity contribution in [3.8, 4) is 22.4 Å². The van der Waals surface area contributed by atoms with Crippen LogP contribution in [-0.4, -0.2) is 64.0 Å². The first kappa shape index (κ1) is 24.1. The summed E-state index contributed by atoms with van der Waals surface area (Å²) in [5, 5.41) is 7.94. The molecule has 0 radical (unpaired) electrons. The molecule has 0 atom stereocenters. The van der Waals surface area contributed by atoms with Crippen LogP contribution in [0.25, 0.3) is 33.4 Å². The van der Waals surface area contributed by atoms with Gasteiger partial charge in [-0.1, -0.05) is 12.1 Å². The Morgan fingerprint density at radius 1 is 1.00 bits per heavy atom. The van der Waals surface area contributed by atoms with E-state index in [0.717, 1.165) is 38.0 Å². The molecule has 2 saturated heterocycles. The van der Waals surface area contributed by atoms with Gasteiger partial charge in [0.15, 0.2) is 0 Å². The van der Waals surface area contributed by atoms with Crippen molar-refractivity contribution in [3.05, 3.63) is 66.1 Å². The maximum atomic E-state index is 15.1. The van der Waals surface area contributed by atoms with Gasteiger partial charge in [0.05, 0.1) is 42.3 Å². The average Bonchev–Trinajstić information content (AvgIpc) is 3.39. The van der Waals surface area contributed by atoms with Gasteiger partial charge in [-0.15, -0.1) is 0 Å². The smallest absolute Gasteiger partial charge is 0.131 e. The molecule has 0 unspecified atom stereocenters. The highest BCUT2D eigenvalue weighted by Crippen LogP contribution is 2.31. The van der Waals surface area contributed by atoms with Gasteiger partial charge >= 0.3 is 0 Å². The quantitative estimate of drug-likeness (QED) is 0.423. The van der Waals surface area contributed by atoms with E-state index >= 15 is 8.78 Å². The largest absolute Gasteiger partial charge is 0.379 e. The third kappa shape index (κ3) is 5.25. The Hall–Kier alpha value is -3.27. The van der Waals surface area contributed by atoms with E-state index in [1.807, 2.05) is 34.0 Å². The van der Waals surface area contributed by atoms with E-state index in [-0.39, 0.29) is 12.1 Å². The number of fused-ring (bicyclic) bond motifs is 1. The van der Waals surface area contributed by atoms with Crippen LogP contribution in [0.4, 0.5) is 8.78 Å². The number of hydrogen-bond donors (Lipinski definition) is 1. The van der Waals surface area contributed by atoms with Crippen LogP contribution in [0, 0.1) is 17.6 Å². The summed E-state index contributed by atoms with van der Waals surface area (Å²) >= 11 is 0. The molecule has 4 heterocycles. The van der Waals surface area contributed by atoms with E-state index in [9.17, 15) is 0 Å². The minimum atomic E-state index is -0.554. The van der Waals surface area contributed by atoms with Crippen LogP contribution >= 0.6 is 0 Å². The van der Waals surface area contributed by atoms with Crippen molar-refractivity contribution in [2.24, 2.45) is 5.92 Å². The van der Waals surface area contributed by atoms with Crippen LogP contribution in [0.3, 0.4) is 0 Å². The molecule has 192 valence electrons. The number of para-hydroxylation sites is 1. The van der Waals surface area contributed by atoms with Crippen molar-refractivity contribution >= 4 is 11.0 Å². The third-order valence-corrected chi connectivity index (χ3v) is 7.34. The molecule has 2 aromatic heterocycles. The molecule has 1 N–H and O–H groups in total. The zero-order valence-electron chi connectivity index (χ0n) is 20.7. The number of benzene rings is 2. The zero-order chi connectivity index (χ0) is 25.2. The highest BCUT2D eigenvalue weighted by atomic mass is 19.1. The van der Waals surface area contributed by atoms with Gasteiger partial charge < -0.3 is 10.1 Å². The highest BCUT2D eigenvalue weighted by molar-refractivity contribution is 5.92. The second-order valence-electron chi connectivity index (χ2n) is 9.88. The molecule has 2 aromatic carbocycles. The lowest BCUT2D eigenvalue weighted by atomic mass is 9.98. The molecule has 9 heteroatoms. The number of piperidine rings is 1. The van der Waals surface area contributed by atoms with Gasteiger partial charge in [-0.25, -0.2) is 13.8 Å². The van der Waals surface area contributed by atoms with E-state index in [1.165, 1.54) is 12.1 Å². The molecule has 0 aliphatic carbocycles. The van der Waals surface area contributed by atoms with Crippen LogP contribution in [0.1, 0.15) is 18.4 Å². The van der Waals surface area contributed by atoms with Crippen LogP contribution in [0.5, 0.6) is 0 Å². The van der Waals surface area contributed by atoms with Gasteiger partial charge in [0.25, 0.3) is 0 Å². The summed E-state index contributed by atoms with van der Waals surface area (Å²) in [6.45, 7) is 5.68. The van der Waals surface area contributed by atoms with E-state index in [2.05, 4.69) is 15.4 Å². The Balaban J connectivity index is 1.29. The molecular weight excluding hydrogens is 474 g/mol. The Bertz CT molecular complexity index is 1370. The van der Waals surface area contributed by atoms with E-state index in [0.29, 0.717) is 60.1 Å². The first-order valence-electron chi connectivity index (χ1n) is 12.9. The predicted octanol–water partition coefficient (Wildman–Crippen LogP) is 4.27. The van der Waals surface area contributed by atoms with Crippen molar-refractivity contribution in [1.82, 2.24) is 30.0 Å². The number of hydrogen-bond acceptors (Lipinski definition) is 6. The van der Waals surface area contributed by atoms with E-state index in [4.69, 9.17) is 9.72 Å². The number of halogens is 2. The standard InChI is InChI=1S/C28H30F2N6O/c29-24-12-20(13-25(30)23(24)18-35-8-10-37-11-9-35)22-2-1-3-26-28(22)34-27(15-32-26)21-14-33-36(17-21)16-19-4-6-31-7-5-19/h1-3,12-15,17,19,31H,4-11,16,18H2. The van der Waals surface area contributed by atoms with Crippen molar-refractivity contribution in [1.29, 1.82) is 0 Å². The zero-order valence-corrected chi connectivity index (χ0v) is 20.7. The number of rotatable bonds is 6. The normalized spacial score (nSPS) is 17.5. The van der Waals surface area contributed by atoms with E-state index in [1.54, 1.807) is 12.4 Å². The highest BCUT2D eigenvalue weighted by Gasteiger charge is 2.19. The molecule has 0 spiro atoms. The fourth-order valence-corrected chi connectivity index (χ4v) is 5.22. The topological polar surface area (TPSA) is 68.1 Å². The molecular formula is C28H30F2N6O. The van der Waals surface area contributed by atoms with Gasteiger partial charge in [0, 0.05) is 49.1 Å². The monoisotopic (exact) mass is 504 g/mol. The lowest BCUT2D eigenvalue weighted by molar-refractivity contribution is 0.0332. The predicted molar refractivity (Wildman–Crippen MR) is 138 cm³/mol. The third-order valence-electron chi connectivity index (χ3n) is 7.34. The van der Waals surface area contributed by atoms with Gasteiger partial charge in [-0.3, -0.25) is 14.6 Å². The average molecular weight is 505 g/mol. The Labute approximate surface area is 214 Å². The SMILES string of the molecule is Fc1cc(-c2cccc3ncc(-c4cnn(CC5CCNCC5)c4)nc23)cc(F)c1CN1CCOCC1. The second-order valence-corrected chi connectivity index (χ2v) is 9.88. The summed E-state index contributed by atoms with van der Waals surface area (Å²) in [6, 6.07) is 8.32. The summed E-state index contributed by atoms with van der Waals surface area (Å²) in [7, 11) is 0. The molecule has 4 aromatic rings. The second kappa shape index (κ2) is 10.6. The molecule has 2 aliphatic rings. The van der Waals surface area contributed by atoms with E-state index < -0.39 is 11.6 Å². The number of nitrogens with zero attached hydrogens (tertiary/aromatic N) is 5. The van der Waals surface area contributed by atoms with Gasteiger partial charge in [0.2, 0.25) is 0 Å². The lowest BCUT2D eigenvalue weighted by Crippen LogP contribution is -2.36. The molecule has 6 rings (SSSR count). The van der Waals surface area contributed by atoms with Crippen molar-refractivity contribution in [2.75, 3.05) is 39.4 Å². The summed E-state index contributed by atoms with van der Waals surface area (Å²) < 4.78 is 37.6. The summed E-state index contributed by atoms with van der Waals surface area (Å²) in [5.41, 5.74) is 3.99. The summed E-state index contributed by atoms with van der Waals surface area (Å²) in [5.74, 6) is -0.497. The first-order valence-corrected chi connectivity index (χ1v) is 12.9. The minimum Gasteiger partial charge on any atom is -0.379 e. The van der Waals surface area contributed by atoms with Crippen LogP contribution in [0.2, 0.25) is 0 Å². The Morgan fingerprint density at radius 2 is 1.78 bits per heavy atom. The van der Waals surface area contributed by atoms with Crippen LogP contribution < -0.4 is 5.32 Å². The Kier molecular flexibility index (Phi) is 6.91. The van der Waals surface area contributed by atoms with Gasteiger partial charge in [-0.2, -0.15) is 5.10 Å². The number of nitrogens with one attached hydrogen (secondary N) is 1. The van der Waals surface area contributed by atoms with Crippen LogP contribution in [0.15, 0.2) is 48.9 Å². The summed E-state index contributed by atoms with van der Waals surface area (Å²) in [6.07, 6.45) is 7.82.